The van der Waals surface area contributed by atoms with Crippen molar-refractivity contribution in [1.29, 1.82) is 0 Å². The molecule has 0 bridgehead atoms. The van der Waals surface area contributed by atoms with Crippen LogP contribution in [0.5, 0.6) is 0 Å². The molecule has 2 aliphatic rings. The van der Waals surface area contributed by atoms with Crippen molar-refractivity contribution in [2.45, 2.75) is 90.3 Å². The number of rotatable bonds is 2. The monoisotopic (exact) mass is 810 g/mol. The molecule has 260 valence electrons. The largest absolute Gasteiger partial charge is 0.444 e. The van der Waals surface area contributed by atoms with Crippen molar-refractivity contribution >= 4 is 66.9 Å². The molecule has 0 aliphatic carbocycles. The molecular formula is C32H41Br2ClN8O5. The lowest BCUT2D eigenvalue weighted by Gasteiger charge is -2.34. The number of amides is 2. The van der Waals surface area contributed by atoms with E-state index in [4.69, 9.17) is 21.1 Å². The standard InChI is InChI=1S/C16H20BrClN4O2.C16H21BrN4O3/c1-16(2,3)24-15(23)21-8-4-5-10(9-21)13-12(17)14(18)22-11(20-13)6-7-19-22;1-16(2,3)24-15(23)20-8-4-5-10(9-20)13-12(17)14(22)21-11(19-13)6-7-18-21/h6-7,10H,4-5,8-9H2,1-3H3;6-7,10,18H,4-5,8-9H2,1-3H3. The first-order chi connectivity index (χ1) is 22.5. The molecule has 4 aromatic rings. The number of hydrogen-bond acceptors (Lipinski definition) is 8. The molecule has 2 amide bonds. The summed E-state index contributed by atoms with van der Waals surface area (Å²) in [6.07, 6.45) is 6.33. The summed E-state index contributed by atoms with van der Waals surface area (Å²) in [5, 5.41) is 7.49. The van der Waals surface area contributed by atoms with Crippen LogP contribution in [0, 0.1) is 0 Å². The van der Waals surface area contributed by atoms with Crippen LogP contribution in [0.1, 0.15) is 90.4 Å². The topological polar surface area (TPSA) is 139 Å². The van der Waals surface area contributed by atoms with E-state index in [0.29, 0.717) is 52.8 Å². The molecule has 6 heterocycles. The van der Waals surface area contributed by atoms with Crippen LogP contribution in [-0.4, -0.2) is 88.6 Å². The minimum absolute atomic E-state index is 0.00763. The molecule has 48 heavy (non-hydrogen) atoms. The van der Waals surface area contributed by atoms with Crippen LogP contribution >= 0.6 is 43.5 Å². The summed E-state index contributed by atoms with van der Waals surface area (Å²) in [5.41, 5.74) is 1.65. The van der Waals surface area contributed by atoms with Gasteiger partial charge in [-0.1, -0.05) is 11.6 Å². The van der Waals surface area contributed by atoms with E-state index in [1.54, 1.807) is 32.8 Å². The molecule has 1 N–H and O–H groups in total. The first-order valence-corrected chi connectivity index (χ1v) is 17.9. The van der Waals surface area contributed by atoms with Crippen molar-refractivity contribution in [3.8, 4) is 0 Å². The number of nitrogens with zero attached hydrogens (tertiary/aromatic N) is 7. The fourth-order valence-corrected chi connectivity index (χ4v) is 7.18. The van der Waals surface area contributed by atoms with Crippen LogP contribution < -0.4 is 5.56 Å². The SMILES string of the molecule is CC(C)(C)OC(=O)N1CCCC(c2nc3cc[nH]n3c(=O)c2Br)C1.CC(C)(C)OC(=O)N1CCCC(c2nc3ccnn3c(Cl)c2Br)C1. The highest BCUT2D eigenvalue weighted by molar-refractivity contribution is 9.10. The molecule has 2 saturated heterocycles. The van der Waals surface area contributed by atoms with Crippen LogP contribution in [-0.2, 0) is 9.47 Å². The van der Waals surface area contributed by atoms with Gasteiger partial charge < -0.3 is 19.3 Å². The summed E-state index contributed by atoms with van der Waals surface area (Å²) in [7, 11) is 0. The highest BCUT2D eigenvalue weighted by Gasteiger charge is 2.32. The van der Waals surface area contributed by atoms with Crippen LogP contribution in [0.4, 0.5) is 9.59 Å². The number of fused-ring (bicyclic) bond motifs is 2. The maximum Gasteiger partial charge on any atom is 0.410 e. The molecule has 13 nitrogen and oxygen atoms in total. The van der Waals surface area contributed by atoms with E-state index in [0.717, 1.165) is 35.8 Å². The fourth-order valence-electron chi connectivity index (χ4n) is 5.79. The van der Waals surface area contributed by atoms with Crippen molar-refractivity contribution in [2.75, 3.05) is 26.2 Å². The smallest absolute Gasteiger partial charge is 0.410 e. The lowest BCUT2D eigenvalue weighted by atomic mass is 9.95. The van der Waals surface area contributed by atoms with Gasteiger partial charge in [-0.15, -0.1) is 0 Å². The Kier molecular flexibility index (Phi) is 10.8. The first kappa shape index (κ1) is 36.1. The quantitative estimate of drug-likeness (QED) is 0.211. The van der Waals surface area contributed by atoms with Crippen molar-refractivity contribution in [2.24, 2.45) is 0 Å². The van der Waals surface area contributed by atoms with Gasteiger partial charge in [-0.25, -0.2) is 28.6 Å². The number of aromatic nitrogens is 6. The highest BCUT2D eigenvalue weighted by Crippen LogP contribution is 2.35. The zero-order valence-corrected chi connectivity index (χ0v) is 31.9. The molecule has 4 aromatic heterocycles. The van der Waals surface area contributed by atoms with Crippen LogP contribution in [0.15, 0.2) is 38.3 Å². The molecule has 0 aromatic carbocycles. The van der Waals surface area contributed by atoms with Crippen molar-refractivity contribution in [3.05, 3.63) is 60.4 Å². The van der Waals surface area contributed by atoms with Crippen LogP contribution in [0.25, 0.3) is 11.3 Å². The number of likely N-dealkylation sites (tertiary alicyclic amines) is 2. The number of H-pyrrole nitrogens is 1. The molecule has 0 spiro atoms. The second-order valence-electron chi connectivity index (χ2n) is 14.0. The van der Waals surface area contributed by atoms with E-state index < -0.39 is 11.2 Å². The number of aromatic amines is 1. The number of carbonyl (C=O) groups is 2. The van der Waals surface area contributed by atoms with Crippen molar-refractivity contribution < 1.29 is 19.1 Å². The average Bonchev–Trinajstić information content (AvgIpc) is 3.70. The summed E-state index contributed by atoms with van der Waals surface area (Å²) in [6.45, 7) is 13.6. The molecule has 16 heteroatoms. The summed E-state index contributed by atoms with van der Waals surface area (Å²) in [4.78, 5) is 49.8. The van der Waals surface area contributed by atoms with Crippen molar-refractivity contribution in [1.82, 2.24) is 39.0 Å². The zero-order valence-electron chi connectivity index (χ0n) is 27.9. The fraction of sp³-hybridized carbons (Fsp3) is 0.562. The molecule has 2 unspecified atom stereocenters. The number of nitrogens with one attached hydrogen (secondary N) is 1. The van der Waals surface area contributed by atoms with Gasteiger partial charge in [0.25, 0.3) is 5.56 Å². The van der Waals surface area contributed by atoms with Gasteiger partial charge in [0.1, 0.15) is 20.8 Å². The van der Waals surface area contributed by atoms with Gasteiger partial charge in [0.05, 0.1) is 22.1 Å². The summed E-state index contributed by atoms with van der Waals surface area (Å²) in [6, 6.07) is 3.57. The maximum atomic E-state index is 12.4. The number of hydrogen-bond donors (Lipinski definition) is 1. The Morgan fingerprint density at radius 1 is 0.854 bits per heavy atom. The third-order valence-electron chi connectivity index (χ3n) is 7.89. The van der Waals surface area contributed by atoms with E-state index >= 15 is 0 Å². The maximum absolute atomic E-state index is 12.4. The molecule has 2 aliphatic heterocycles. The number of ether oxygens (including phenoxy) is 2. The van der Waals surface area contributed by atoms with Gasteiger partial charge >= 0.3 is 12.2 Å². The molecule has 2 fully saturated rings. The molecule has 2 atom stereocenters. The Balaban J connectivity index is 0.000000188. The third kappa shape index (κ3) is 8.33. The van der Waals surface area contributed by atoms with Crippen LogP contribution in [0.2, 0.25) is 5.15 Å². The van der Waals surface area contributed by atoms with Gasteiger partial charge in [-0.05, 0) is 99.1 Å². The number of piperidine rings is 2. The lowest BCUT2D eigenvalue weighted by Crippen LogP contribution is -2.42. The van der Waals surface area contributed by atoms with E-state index in [9.17, 15) is 14.4 Å². The van der Waals surface area contributed by atoms with Gasteiger partial charge in [-0.3, -0.25) is 9.89 Å². The van der Waals surface area contributed by atoms with Gasteiger partial charge in [0.15, 0.2) is 11.3 Å². The van der Waals surface area contributed by atoms with E-state index in [1.807, 2.05) is 47.6 Å². The molecular weight excluding hydrogens is 772 g/mol. The second-order valence-corrected chi connectivity index (χ2v) is 16.0. The molecule has 0 radical (unpaired) electrons. The lowest BCUT2D eigenvalue weighted by molar-refractivity contribution is 0.0187. The molecule has 6 rings (SSSR count). The molecule has 0 saturated carbocycles. The average molecular weight is 813 g/mol. The predicted octanol–water partition coefficient (Wildman–Crippen LogP) is 7.16. The van der Waals surface area contributed by atoms with Gasteiger partial charge in [0.2, 0.25) is 0 Å². The minimum Gasteiger partial charge on any atom is -0.444 e. The predicted molar refractivity (Wildman–Crippen MR) is 189 cm³/mol. The van der Waals surface area contributed by atoms with E-state index in [2.05, 4.69) is 52.0 Å². The van der Waals surface area contributed by atoms with E-state index in [1.165, 1.54) is 4.52 Å². The Labute approximate surface area is 300 Å². The summed E-state index contributed by atoms with van der Waals surface area (Å²) < 4.78 is 15.1. The van der Waals surface area contributed by atoms with Gasteiger partial charge in [0, 0.05) is 56.3 Å². The summed E-state index contributed by atoms with van der Waals surface area (Å²) >= 11 is 13.3. The van der Waals surface area contributed by atoms with Crippen molar-refractivity contribution in [3.63, 3.8) is 0 Å². The number of carbonyl (C=O) groups excluding carboxylic acids is 2. The minimum atomic E-state index is -0.522. The third-order valence-corrected chi connectivity index (χ3v) is 9.99. The van der Waals surface area contributed by atoms with Gasteiger partial charge in [-0.2, -0.15) is 5.10 Å². The normalized spacial score (nSPS) is 18.9. The second kappa shape index (κ2) is 14.4. The Bertz CT molecular complexity index is 1860. The number of halogens is 3. The Hall–Kier alpha value is -3.17. The highest BCUT2D eigenvalue weighted by atomic mass is 79.9. The Morgan fingerprint density at radius 2 is 1.38 bits per heavy atom. The zero-order chi connectivity index (χ0) is 35.0. The van der Waals surface area contributed by atoms with Crippen LogP contribution in [0.3, 0.4) is 0 Å². The van der Waals surface area contributed by atoms with E-state index in [-0.39, 0.29) is 29.6 Å². The first-order valence-electron chi connectivity index (χ1n) is 15.9. The Morgan fingerprint density at radius 3 is 1.92 bits per heavy atom. The summed E-state index contributed by atoms with van der Waals surface area (Å²) in [5.74, 6) is 0.117.